The molecular formula is C17H20N2. The zero-order valence-corrected chi connectivity index (χ0v) is 11.2. The highest BCUT2D eigenvalue weighted by atomic mass is 15.2. The summed E-state index contributed by atoms with van der Waals surface area (Å²) in [7, 11) is 0. The van der Waals surface area contributed by atoms with Crippen LogP contribution >= 0.6 is 0 Å². The van der Waals surface area contributed by atoms with Crippen molar-refractivity contribution in [3.63, 3.8) is 0 Å². The number of hydrogen-bond acceptors (Lipinski definition) is 2. The van der Waals surface area contributed by atoms with E-state index in [9.17, 15) is 0 Å². The lowest BCUT2D eigenvalue weighted by atomic mass is 9.96. The lowest BCUT2D eigenvalue weighted by molar-refractivity contribution is 0.485. The molecule has 2 nitrogen and oxygen atoms in total. The van der Waals surface area contributed by atoms with Crippen molar-refractivity contribution in [2.24, 2.45) is 11.8 Å². The minimum Gasteiger partial charge on any atom is -0.271 e. The van der Waals surface area contributed by atoms with E-state index in [2.05, 4.69) is 66.9 Å². The average Bonchev–Trinajstić information content (AvgIpc) is 3.23. The Morgan fingerprint density at radius 2 is 1.74 bits per heavy atom. The number of hydrogen-bond donors (Lipinski definition) is 2. The van der Waals surface area contributed by atoms with Crippen molar-refractivity contribution in [1.82, 2.24) is 5.43 Å². The third-order valence-corrected chi connectivity index (χ3v) is 4.20. The van der Waals surface area contributed by atoms with E-state index in [0.717, 1.165) is 0 Å². The Hall–Kier alpha value is -1.64. The maximum Gasteiger partial charge on any atom is 0.0496 e. The van der Waals surface area contributed by atoms with E-state index >= 15 is 0 Å². The van der Waals surface area contributed by atoms with Gasteiger partial charge in [-0.3, -0.25) is 11.3 Å². The topological polar surface area (TPSA) is 38.0 Å². The first-order valence-corrected chi connectivity index (χ1v) is 6.88. The molecule has 0 radical (unpaired) electrons. The van der Waals surface area contributed by atoms with Crippen LogP contribution in [0.2, 0.25) is 0 Å². The zero-order chi connectivity index (χ0) is 13.2. The number of nitrogens with one attached hydrogen (secondary N) is 1. The van der Waals surface area contributed by atoms with Gasteiger partial charge in [-0.2, -0.15) is 0 Å². The monoisotopic (exact) mass is 252 g/mol. The molecule has 2 aromatic carbocycles. The lowest BCUT2D eigenvalue weighted by Crippen LogP contribution is -2.30. The molecule has 2 aromatic rings. The molecule has 1 fully saturated rings. The average molecular weight is 252 g/mol. The summed E-state index contributed by atoms with van der Waals surface area (Å²) in [5, 5.41) is 0. The quantitative estimate of drug-likeness (QED) is 0.647. The lowest BCUT2D eigenvalue weighted by Gasteiger charge is -2.18. The van der Waals surface area contributed by atoms with Gasteiger partial charge in [0.1, 0.15) is 0 Å². The van der Waals surface area contributed by atoms with Gasteiger partial charge in [0.15, 0.2) is 0 Å². The van der Waals surface area contributed by atoms with Crippen molar-refractivity contribution in [2.45, 2.75) is 25.3 Å². The molecule has 2 heteroatoms. The van der Waals surface area contributed by atoms with Crippen LogP contribution < -0.4 is 11.3 Å². The summed E-state index contributed by atoms with van der Waals surface area (Å²) in [6.07, 6.45) is 1.22. The summed E-state index contributed by atoms with van der Waals surface area (Å²) in [4.78, 5) is 0. The number of benzene rings is 2. The van der Waals surface area contributed by atoms with Gasteiger partial charge in [-0.05, 0) is 41.9 Å². The van der Waals surface area contributed by atoms with Crippen LogP contribution in [0.4, 0.5) is 0 Å². The normalized spacial score (nSPS) is 23.1. The van der Waals surface area contributed by atoms with E-state index < -0.39 is 0 Å². The molecule has 3 N–H and O–H groups in total. The molecule has 0 amide bonds. The molecule has 0 bridgehead atoms. The maximum atomic E-state index is 5.80. The molecule has 1 aliphatic carbocycles. The van der Waals surface area contributed by atoms with Crippen LogP contribution in [0.25, 0.3) is 0 Å². The van der Waals surface area contributed by atoms with Gasteiger partial charge in [0.2, 0.25) is 0 Å². The van der Waals surface area contributed by atoms with Crippen LogP contribution in [-0.2, 0) is 0 Å². The van der Waals surface area contributed by atoms with E-state index in [1.165, 1.54) is 23.1 Å². The van der Waals surface area contributed by atoms with E-state index in [4.69, 9.17) is 5.84 Å². The highest BCUT2D eigenvalue weighted by Crippen LogP contribution is 2.54. The molecule has 0 aliphatic heterocycles. The van der Waals surface area contributed by atoms with Crippen molar-refractivity contribution in [2.75, 3.05) is 0 Å². The number of rotatable bonds is 4. The standard InChI is InChI=1S/C17H20N2/c1-12-7-5-6-10-14(12)17(19-18)16-11-15(16)13-8-3-2-4-9-13/h2-10,15-17,19H,11,18H2,1H3. The Labute approximate surface area is 114 Å². The van der Waals surface area contributed by atoms with Crippen molar-refractivity contribution < 1.29 is 0 Å². The van der Waals surface area contributed by atoms with Crippen molar-refractivity contribution in [1.29, 1.82) is 0 Å². The van der Waals surface area contributed by atoms with Gasteiger partial charge >= 0.3 is 0 Å². The summed E-state index contributed by atoms with van der Waals surface area (Å²) in [6, 6.07) is 19.5. The SMILES string of the molecule is Cc1ccccc1C(NN)C1CC1c1ccccc1. The Balaban J connectivity index is 1.81. The first-order valence-electron chi connectivity index (χ1n) is 6.88. The summed E-state index contributed by atoms with van der Waals surface area (Å²) in [5.41, 5.74) is 7.09. The highest BCUT2D eigenvalue weighted by molar-refractivity contribution is 5.34. The minimum atomic E-state index is 0.256. The third-order valence-electron chi connectivity index (χ3n) is 4.20. The van der Waals surface area contributed by atoms with Gasteiger partial charge in [0, 0.05) is 6.04 Å². The van der Waals surface area contributed by atoms with Gasteiger partial charge in [-0.15, -0.1) is 0 Å². The van der Waals surface area contributed by atoms with Crippen molar-refractivity contribution in [3.8, 4) is 0 Å². The largest absolute Gasteiger partial charge is 0.271 e. The van der Waals surface area contributed by atoms with Crippen LogP contribution in [0.15, 0.2) is 54.6 Å². The molecule has 0 spiro atoms. The van der Waals surface area contributed by atoms with Crippen molar-refractivity contribution in [3.05, 3.63) is 71.3 Å². The Morgan fingerprint density at radius 1 is 1.05 bits per heavy atom. The molecule has 3 atom stereocenters. The molecule has 98 valence electrons. The number of aryl methyl sites for hydroxylation is 1. The van der Waals surface area contributed by atoms with Crippen LogP contribution in [0.5, 0.6) is 0 Å². The zero-order valence-electron chi connectivity index (χ0n) is 11.2. The second-order valence-corrected chi connectivity index (χ2v) is 5.42. The molecule has 19 heavy (non-hydrogen) atoms. The van der Waals surface area contributed by atoms with E-state index in [1.807, 2.05) is 0 Å². The summed E-state index contributed by atoms with van der Waals surface area (Å²) < 4.78 is 0. The van der Waals surface area contributed by atoms with E-state index in [-0.39, 0.29) is 6.04 Å². The third kappa shape index (κ3) is 2.42. The van der Waals surface area contributed by atoms with E-state index in [1.54, 1.807) is 0 Å². The van der Waals surface area contributed by atoms with Crippen LogP contribution in [0.3, 0.4) is 0 Å². The molecule has 0 aromatic heterocycles. The van der Waals surface area contributed by atoms with Crippen LogP contribution in [0, 0.1) is 12.8 Å². The molecular weight excluding hydrogens is 232 g/mol. The number of hydrazine groups is 1. The fourth-order valence-electron chi connectivity index (χ4n) is 3.05. The molecule has 1 aliphatic rings. The first kappa shape index (κ1) is 12.4. The van der Waals surface area contributed by atoms with Crippen LogP contribution in [-0.4, -0.2) is 0 Å². The van der Waals surface area contributed by atoms with Gasteiger partial charge in [0.05, 0.1) is 0 Å². The Kier molecular flexibility index (Phi) is 3.36. The Morgan fingerprint density at radius 3 is 2.42 bits per heavy atom. The second kappa shape index (κ2) is 5.16. The van der Waals surface area contributed by atoms with Gasteiger partial charge in [0.25, 0.3) is 0 Å². The molecule has 0 saturated heterocycles. The van der Waals surface area contributed by atoms with E-state index in [0.29, 0.717) is 11.8 Å². The molecule has 1 saturated carbocycles. The Bertz CT molecular complexity index is 550. The summed E-state index contributed by atoms with van der Waals surface area (Å²) in [6.45, 7) is 2.15. The van der Waals surface area contributed by atoms with Gasteiger partial charge in [-0.1, -0.05) is 54.6 Å². The van der Waals surface area contributed by atoms with Gasteiger partial charge < -0.3 is 0 Å². The molecule has 3 unspecified atom stereocenters. The number of nitrogens with two attached hydrogens (primary N) is 1. The fourth-order valence-corrected chi connectivity index (χ4v) is 3.05. The molecule has 3 rings (SSSR count). The highest BCUT2D eigenvalue weighted by Gasteiger charge is 2.44. The minimum absolute atomic E-state index is 0.256. The predicted molar refractivity (Wildman–Crippen MR) is 78.5 cm³/mol. The maximum absolute atomic E-state index is 5.80. The fraction of sp³-hybridized carbons (Fsp3) is 0.294. The van der Waals surface area contributed by atoms with Gasteiger partial charge in [-0.25, -0.2) is 0 Å². The van der Waals surface area contributed by atoms with Crippen molar-refractivity contribution >= 4 is 0 Å². The van der Waals surface area contributed by atoms with Crippen LogP contribution in [0.1, 0.15) is 35.1 Å². The predicted octanol–water partition coefficient (Wildman–Crippen LogP) is 3.30. The smallest absolute Gasteiger partial charge is 0.0496 e. The molecule has 0 heterocycles. The first-order chi connectivity index (χ1) is 9.31. The second-order valence-electron chi connectivity index (χ2n) is 5.42. The summed E-state index contributed by atoms with van der Waals surface area (Å²) in [5.74, 6) is 7.05. The summed E-state index contributed by atoms with van der Waals surface area (Å²) >= 11 is 0.